The molecule has 0 radical (unpaired) electrons. The first kappa shape index (κ1) is 19.4. The number of hydrogen-bond donors (Lipinski definition) is 2. The zero-order valence-electron chi connectivity index (χ0n) is 16.1. The molecule has 2 heterocycles. The van der Waals surface area contributed by atoms with Gasteiger partial charge in [0.25, 0.3) is 0 Å². The summed E-state index contributed by atoms with van der Waals surface area (Å²) in [5.41, 5.74) is 1.96. The minimum atomic E-state index is -0.184. The Morgan fingerprint density at radius 3 is 2.78 bits per heavy atom. The number of anilines is 2. The SMILES string of the molecule is CN=C(NCc1csc(N(C)C)n1)NC1CCN(c2cccc(F)c2)CC1. The molecule has 27 heavy (non-hydrogen) atoms. The highest BCUT2D eigenvalue weighted by molar-refractivity contribution is 7.13. The van der Waals surface area contributed by atoms with Crippen molar-refractivity contribution in [3.63, 3.8) is 0 Å². The van der Waals surface area contributed by atoms with Crippen LogP contribution >= 0.6 is 11.3 Å². The molecule has 2 aromatic rings. The molecule has 0 spiro atoms. The van der Waals surface area contributed by atoms with Crippen LogP contribution in [0.25, 0.3) is 0 Å². The lowest BCUT2D eigenvalue weighted by Gasteiger charge is -2.34. The van der Waals surface area contributed by atoms with Gasteiger partial charge in [0.15, 0.2) is 11.1 Å². The second-order valence-electron chi connectivity index (χ2n) is 6.83. The van der Waals surface area contributed by atoms with Crippen molar-refractivity contribution >= 4 is 28.1 Å². The fourth-order valence-corrected chi connectivity index (χ4v) is 3.86. The first-order chi connectivity index (χ1) is 13.0. The van der Waals surface area contributed by atoms with Crippen molar-refractivity contribution in [1.82, 2.24) is 15.6 Å². The van der Waals surface area contributed by atoms with Crippen LogP contribution in [-0.4, -0.2) is 51.2 Å². The quantitative estimate of drug-likeness (QED) is 0.607. The molecule has 0 amide bonds. The molecule has 0 atom stereocenters. The number of benzene rings is 1. The van der Waals surface area contributed by atoms with E-state index in [4.69, 9.17) is 0 Å². The van der Waals surface area contributed by atoms with Gasteiger partial charge in [0, 0.05) is 51.3 Å². The summed E-state index contributed by atoms with van der Waals surface area (Å²) in [5, 5.41) is 9.89. The average Bonchev–Trinajstić information content (AvgIpc) is 3.15. The van der Waals surface area contributed by atoms with Gasteiger partial charge in [-0.05, 0) is 31.0 Å². The van der Waals surface area contributed by atoms with Crippen LogP contribution < -0.4 is 20.4 Å². The van der Waals surface area contributed by atoms with Crippen molar-refractivity contribution in [2.24, 2.45) is 4.99 Å². The van der Waals surface area contributed by atoms with Crippen LogP contribution in [-0.2, 0) is 6.54 Å². The van der Waals surface area contributed by atoms with Gasteiger partial charge in [-0.3, -0.25) is 4.99 Å². The Bertz CT molecular complexity index is 767. The monoisotopic (exact) mass is 390 g/mol. The van der Waals surface area contributed by atoms with Crippen molar-refractivity contribution < 1.29 is 4.39 Å². The van der Waals surface area contributed by atoms with Crippen molar-refractivity contribution in [2.45, 2.75) is 25.4 Å². The minimum Gasteiger partial charge on any atom is -0.371 e. The maximum absolute atomic E-state index is 13.4. The van der Waals surface area contributed by atoms with E-state index in [1.165, 1.54) is 6.07 Å². The smallest absolute Gasteiger partial charge is 0.191 e. The molecular formula is C19H27FN6S. The van der Waals surface area contributed by atoms with Gasteiger partial charge < -0.3 is 20.4 Å². The maximum Gasteiger partial charge on any atom is 0.191 e. The number of aromatic nitrogens is 1. The highest BCUT2D eigenvalue weighted by Gasteiger charge is 2.20. The maximum atomic E-state index is 13.4. The topological polar surface area (TPSA) is 55.8 Å². The van der Waals surface area contributed by atoms with E-state index in [1.54, 1.807) is 30.5 Å². The summed E-state index contributed by atoms with van der Waals surface area (Å²) in [4.78, 5) is 13.1. The van der Waals surface area contributed by atoms with Crippen molar-refractivity contribution in [3.8, 4) is 0 Å². The normalized spacial score (nSPS) is 15.7. The third-order valence-corrected chi connectivity index (χ3v) is 5.65. The van der Waals surface area contributed by atoms with Gasteiger partial charge in [-0.25, -0.2) is 9.37 Å². The summed E-state index contributed by atoms with van der Waals surface area (Å²) in [6, 6.07) is 7.17. The molecule has 0 saturated carbocycles. The summed E-state index contributed by atoms with van der Waals surface area (Å²) >= 11 is 1.63. The molecule has 1 aromatic heterocycles. The summed E-state index contributed by atoms with van der Waals surface area (Å²) in [5.74, 6) is 0.607. The molecule has 0 aliphatic carbocycles. The first-order valence-electron chi connectivity index (χ1n) is 9.14. The lowest BCUT2D eigenvalue weighted by Crippen LogP contribution is -2.48. The van der Waals surface area contributed by atoms with E-state index >= 15 is 0 Å². The van der Waals surface area contributed by atoms with Crippen molar-refractivity contribution in [1.29, 1.82) is 0 Å². The highest BCUT2D eigenvalue weighted by Crippen LogP contribution is 2.21. The number of nitrogens with one attached hydrogen (secondary N) is 2. The Kier molecular flexibility index (Phi) is 6.49. The summed E-state index contributed by atoms with van der Waals surface area (Å²) < 4.78 is 13.4. The largest absolute Gasteiger partial charge is 0.371 e. The van der Waals surface area contributed by atoms with E-state index in [9.17, 15) is 4.39 Å². The number of halogens is 1. The number of piperidine rings is 1. The molecular weight excluding hydrogens is 363 g/mol. The third-order valence-electron chi connectivity index (χ3n) is 4.59. The van der Waals surface area contributed by atoms with Crippen LogP contribution in [0.2, 0.25) is 0 Å². The van der Waals surface area contributed by atoms with Gasteiger partial charge in [-0.15, -0.1) is 11.3 Å². The third kappa shape index (κ3) is 5.32. The Morgan fingerprint density at radius 2 is 2.15 bits per heavy atom. The number of guanidine groups is 1. The summed E-state index contributed by atoms with van der Waals surface area (Å²) in [6.45, 7) is 2.44. The van der Waals surface area contributed by atoms with Crippen LogP contribution in [0.3, 0.4) is 0 Å². The molecule has 0 unspecified atom stereocenters. The van der Waals surface area contributed by atoms with Gasteiger partial charge in [0.2, 0.25) is 0 Å². The Hall–Kier alpha value is -2.35. The Morgan fingerprint density at radius 1 is 1.37 bits per heavy atom. The lowest BCUT2D eigenvalue weighted by molar-refractivity contribution is 0.461. The van der Waals surface area contributed by atoms with E-state index in [-0.39, 0.29) is 5.82 Å². The number of rotatable bonds is 5. The Balaban J connectivity index is 1.46. The van der Waals surface area contributed by atoms with Crippen molar-refractivity contribution in [3.05, 3.63) is 41.2 Å². The highest BCUT2D eigenvalue weighted by atomic mass is 32.1. The molecule has 1 aliphatic rings. The van der Waals surface area contributed by atoms with Gasteiger partial charge >= 0.3 is 0 Å². The predicted molar refractivity (Wildman–Crippen MR) is 111 cm³/mol. The van der Waals surface area contributed by atoms with E-state index in [1.807, 2.05) is 25.1 Å². The molecule has 8 heteroatoms. The molecule has 1 aliphatic heterocycles. The van der Waals surface area contributed by atoms with Crippen molar-refractivity contribution in [2.75, 3.05) is 44.0 Å². The van der Waals surface area contributed by atoms with Crippen LogP contribution in [0.5, 0.6) is 0 Å². The van der Waals surface area contributed by atoms with Crippen LogP contribution in [0.1, 0.15) is 18.5 Å². The van der Waals surface area contributed by atoms with Crippen LogP contribution in [0.15, 0.2) is 34.6 Å². The van der Waals surface area contributed by atoms with Gasteiger partial charge in [0.1, 0.15) is 5.82 Å². The second-order valence-corrected chi connectivity index (χ2v) is 7.66. The minimum absolute atomic E-state index is 0.184. The summed E-state index contributed by atoms with van der Waals surface area (Å²) in [7, 11) is 5.77. The first-order valence-corrected chi connectivity index (χ1v) is 10.0. The predicted octanol–water partition coefficient (Wildman–Crippen LogP) is 2.68. The lowest BCUT2D eigenvalue weighted by atomic mass is 10.0. The zero-order chi connectivity index (χ0) is 19.2. The van der Waals surface area contributed by atoms with Crippen LogP contribution in [0, 0.1) is 5.82 Å². The molecule has 146 valence electrons. The number of hydrogen-bond acceptors (Lipinski definition) is 5. The van der Waals surface area contributed by atoms with Gasteiger partial charge in [-0.2, -0.15) is 0 Å². The fraction of sp³-hybridized carbons (Fsp3) is 0.474. The Labute approximate surface area is 164 Å². The number of thiazole rings is 1. The molecule has 1 fully saturated rings. The molecule has 6 nitrogen and oxygen atoms in total. The molecule has 3 rings (SSSR count). The number of aliphatic imine (C=N–C) groups is 1. The molecule has 0 bridgehead atoms. The number of nitrogens with zero attached hydrogens (tertiary/aromatic N) is 4. The fourth-order valence-electron chi connectivity index (χ4n) is 3.10. The standard InChI is InChI=1S/C19H27FN6S/c1-21-18(22-12-16-13-27-19(24-16)25(2)3)23-15-7-9-26(10-8-15)17-6-4-5-14(20)11-17/h4-6,11,13,15H,7-10,12H2,1-3H3,(H2,21,22,23). The zero-order valence-corrected chi connectivity index (χ0v) is 16.9. The van der Waals surface area contributed by atoms with Gasteiger partial charge in [0.05, 0.1) is 12.2 Å². The van der Waals surface area contributed by atoms with E-state index < -0.39 is 0 Å². The van der Waals surface area contributed by atoms with E-state index in [0.29, 0.717) is 12.6 Å². The van der Waals surface area contributed by atoms with Gasteiger partial charge in [-0.1, -0.05) is 6.07 Å². The molecule has 1 saturated heterocycles. The van der Waals surface area contributed by atoms with Crippen LogP contribution in [0.4, 0.5) is 15.2 Å². The average molecular weight is 391 g/mol. The molecule has 2 N–H and O–H groups in total. The second kappa shape index (κ2) is 9.03. The van der Waals surface area contributed by atoms with E-state index in [0.717, 1.165) is 48.4 Å². The van der Waals surface area contributed by atoms with E-state index in [2.05, 4.69) is 30.9 Å². The summed E-state index contributed by atoms with van der Waals surface area (Å²) in [6.07, 6.45) is 1.97. The molecule has 1 aromatic carbocycles.